The second-order valence-corrected chi connectivity index (χ2v) is 8.67. The summed E-state index contributed by atoms with van der Waals surface area (Å²) in [6.45, 7) is 5.29. The summed E-state index contributed by atoms with van der Waals surface area (Å²) in [5.74, 6) is 0.831. The maximum absolute atomic E-state index is 5.85. The number of nitrogens with zero attached hydrogens (tertiary/aromatic N) is 4. The van der Waals surface area contributed by atoms with E-state index in [1.165, 1.54) is 0 Å². The van der Waals surface area contributed by atoms with Crippen LogP contribution in [0.1, 0.15) is 23.5 Å². The van der Waals surface area contributed by atoms with Gasteiger partial charge in [0.15, 0.2) is 5.11 Å². The highest BCUT2D eigenvalue weighted by Gasteiger charge is 2.41. The number of benzene rings is 1. The molecule has 0 amide bonds. The van der Waals surface area contributed by atoms with Gasteiger partial charge in [0.25, 0.3) is 0 Å². The van der Waals surface area contributed by atoms with Crippen molar-refractivity contribution in [3.05, 3.63) is 78.4 Å². The maximum Gasteiger partial charge on any atom is 0.170 e. The zero-order valence-electron chi connectivity index (χ0n) is 18.8. The van der Waals surface area contributed by atoms with Crippen LogP contribution in [0.3, 0.4) is 0 Å². The first kappa shape index (κ1) is 21.9. The van der Waals surface area contributed by atoms with E-state index in [2.05, 4.69) is 61.2 Å². The van der Waals surface area contributed by atoms with E-state index < -0.39 is 0 Å². The molecule has 4 heterocycles. The van der Waals surface area contributed by atoms with Gasteiger partial charge in [-0.25, -0.2) is 0 Å². The molecule has 2 saturated heterocycles. The molecule has 0 saturated carbocycles. The standard InChI is InChI=1S/C25H29N5O2S/c1-31-20-7-4-6-19(18-20)29-11-5-9-22(29)24-23(21-8-2-3-10-26-21)27-25(33)30(24)13-12-28-14-16-32-17-15-28/h2-11,18,23-24H,12-17H2,1H3,(H,27,33)/t23-,24+/m1/s1. The Bertz CT molecular complexity index is 1080. The highest BCUT2D eigenvalue weighted by Crippen LogP contribution is 2.39. The average Bonchev–Trinajstić information content (AvgIpc) is 3.48. The minimum absolute atomic E-state index is 0.00893. The first-order valence-electron chi connectivity index (χ1n) is 11.3. The first-order valence-corrected chi connectivity index (χ1v) is 11.8. The molecule has 0 unspecified atom stereocenters. The molecular weight excluding hydrogens is 434 g/mol. The van der Waals surface area contributed by atoms with Gasteiger partial charge >= 0.3 is 0 Å². The SMILES string of the molecule is COc1cccc(-n2cccc2[C@H]2[C@@H](c3ccccn3)NC(=S)N2CCN2CCOCC2)c1. The van der Waals surface area contributed by atoms with E-state index in [9.17, 15) is 0 Å². The quantitative estimate of drug-likeness (QED) is 0.540. The lowest BCUT2D eigenvalue weighted by Crippen LogP contribution is -2.42. The van der Waals surface area contributed by atoms with Crippen molar-refractivity contribution in [2.24, 2.45) is 0 Å². The Morgan fingerprint density at radius 2 is 1.97 bits per heavy atom. The Morgan fingerprint density at radius 1 is 1.09 bits per heavy atom. The molecule has 0 bridgehead atoms. The van der Waals surface area contributed by atoms with Crippen LogP contribution in [0.4, 0.5) is 0 Å². The summed E-state index contributed by atoms with van der Waals surface area (Å²) in [6.07, 6.45) is 3.94. The van der Waals surface area contributed by atoms with Crippen LogP contribution in [0.2, 0.25) is 0 Å². The molecule has 0 spiro atoms. The summed E-state index contributed by atoms with van der Waals surface area (Å²) in [5.41, 5.74) is 3.20. The Balaban J connectivity index is 1.50. The third-order valence-electron chi connectivity index (χ3n) is 6.37. The second kappa shape index (κ2) is 9.91. The predicted molar refractivity (Wildman–Crippen MR) is 132 cm³/mol. The molecule has 3 aromatic rings. The number of methoxy groups -OCH3 is 1. The molecule has 5 rings (SSSR count). The fourth-order valence-corrected chi connectivity index (χ4v) is 5.00. The van der Waals surface area contributed by atoms with Gasteiger partial charge in [-0.1, -0.05) is 12.1 Å². The number of thiocarbonyl (C=S) groups is 1. The summed E-state index contributed by atoms with van der Waals surface area (Å²) in [7, 11) is 1.69. The van der Waals surface area contributed by atoms with E-state index in [4.69, 9.17) is 21.7 Å². The number of morpholine rings is 1. The summed E-state index contributed by atoms with van der Waals surface area (Å²) >= 11 is 5.85. The normalized spacial score (nSPS) is 21.2. The molecule has 0 aliphatic carbocycles. The summed E-state index contributed by atoms with van der Waals surface area (Å²) in [6, 6.07) is 18.4. The predicted octanol–water partition coefficient (Wildman–Crippen LogP) is 3.19. The largest absolute Gasteiger partial charge is 0.497 e. The molecular formula is C25H29N5O2S. The van der Waals surface area contributed by atoms with Crippen molar-refractivity contribution >= 4 is 17.3 Å². The second-order valence-electron chi connectivity index (χ2n) is 8.28. The number of hydrogen-bond donors (Lipinski definition) is 1. The maximum atomic E-state index is 5.85. The lowest BCUT2D eigenvalue weighted by atomic mass is 10.0. The van der Waals surface area contributed by atoms with Gasteiger partial charge in [0, 0.05) is 56.0 Å². The van der Waals surface area contributed by atoms with Gasteiger partial charge < -0.3 is 24.3 Å². The van der Waals surface area contributed by atoms with Crippen molar-refractivity contribution in [3.63, 3.8) is 0 Å². The number of pyridine rings is 1. The molecule has 1 aromatic carbocycles. The van der Waals surface area contributed by atoms with Crippen LogP contribution in [0.15, 0.2) is 67.0 Å². The van der Waals surface area contributed by atoms with Crippen LogP contribution in [-0.4, -0.2) is 71.0 Å². The average molecular weight is 464 g/mol. The molecule has 8 heteroatoms. The van der Waals surface area contributed by atoms with Crippen molar-refractivity contribution in [2.75, 3.05) is 46.5 Å². The molecule has 0 radical (unpaired) electrons. The number of nitrogens with one attached hydrogen (secondary N) is 1. The molecule has 33 heavy (non-hydrogen) atoms. The van der Waals surface area contributed by atoms with Crippen LogP contribution in [-0.2, 0) is 4.74 Å². The van der Waals surface area contributed by atoms with E-state index in [0.29, 0.717) is 0 Å². The topological polar surface area (TPSA) is 54.8 Å². The Labute approximate surface area is 199 Å². The van der Waals surface area contributed by atoms with Gasteiger partial charge in [0.05, 0.1) is 38.1 Å². The Kier molecular flexibility index (Phi) is 6.57. The van der Waals surface area contributed by atoms with Crippen LogP contribution in [0.5, 0.6) is 5.75 Å². The van der Waals surface area contributed by atoms with E-state index in [-0.39, 0.29) is 12.1 Å². The zero-order valence-corrected chi connectivity index (χ0v) is 19.6. The Hall–Kier alpha value is -2.94. The highest BCUT2D eigenvalue weighted by molar-refractivity contribution is 7.80. The first-order chi connectivity index (χ1) is 16.2. The molecule has 2 atom stereocenters. The smallest absolute Gasteiger partial charge is 0.170 e. The van der Waals surface area contributed by atoms with Gasteiger partial charge in [-0.15, -0.1) is 0 Å². The lowest BCUT2D eigenvalue weighted by molar-refractivity contribution is 0.0349. The molecule has 2 aromatic heterocycles. The van der Waals surface area contributed by atoms with Gasteiger partial charge in [0.1, 0.15) is 5.75 Å². The highest BCUT2D eigenvalue weighted by atomic mass is 32.1. The van der Waals surface area contributed by atoms with Crippen LogP contribution < -0.4 is 10.1 Å². The van der Waals surface area contributed by atoms with E-state index in [1.54, 1.807) is 7.11 Å². The summed E-state index contributed by atoms with van der Waals surface area (Å²) < 4.78 is 13.2. The lowest BCUT2D eigenvalue weighted by Gasteiger charge is -2.32. The Morgan fingerprint density at radius 3 is 2.76 bits per heavy atom. The number of hydrogen-bond acceptors (Lipinski definition) is 5. The van der Waals surface area contributed by atoms with Crippen molar-refractivity contribution in [3.8, 4) is 11.4 Å². The molecule has 7 nitrogen and oxygen atoms in total. The summed E-state index contributed by atoms with van der Waals surface area (Å²) in [4.78, 5) is 9.42. The fourth-order valence-electron chi connectivity index (χ4n) is 4.67. The summed E-state index contributed by atoms with van der Waals surface area (Å²) in [5, 5.41) is 4.33. The minimum atomic E-state index is -0.0392. The van der Waals surface area contributed by atoms with E-state index in [1.807, 2.05) is 30.5 Å². The molecule has 2 aliphatic rings. The van der Waals surface area contributed by atoms with Crippen LogP contribution in [0, 0.1) is 0 Å². The zero-order chi connectivity index (χ0) is 22.6. The molecule has 2 aliphatic heterocycles. The van der Waals surface area contributed by atoms with Gasteiger partial charge in [0.2, 0.25) is 0 Å². The van der Waals surface area contributed by atoms with Crippen molar-refractivity contribution in [2.45, 2.75) is 12.1 Å². The van der Waals surface area contributed by atoms with Crippen molar-refractivity contribution in [1.82, 2.24) is 24.7 Å². The minimum Gasteiger partial charge on any atom is -0.497 e. The van der Waals surface area contributed by atoms with E-state index in [0.717, 1.165) is 67.3 Å². The third kappa shape index (κ3) is 4.59. The number of ether oxygens (including phenoxy) is 2. The van der Waals surface area contributed by atoms with Crippen molar-refractivity contribution < 1.29 is 9.47 Å². The number of aromatic nitrogens is 2. The molecule has 172 valence electrons. The van der Waals surface area contributed by atoms with Crippen LogP contribution >= 0.6 is 12.2 Å². The van der Waals surface area contributed by atoms with E-state index >= 15 is 0 Å². The van der Waals surface area contributed by atoms with Crippen molar-refractivity contribution in [1.29, 1.82) is 0 Å². The number of rotatable bonds is 7. The monoisotopic (exact) mass is 463 g/mol. The van der Waals surface area contributed by atoms with Gasteiger partial charge in [-0.3, -0.25) is 9.88 Å². The molecule has 1 N–H and O–H groups in total. The van der Waals surface area contributed by atoms with Gasteiger partial charge in [-0.2, -0.15) is 0 Å². The van der Waals surface area contributed by atoms with Gasteiger partial charge in [-0.05, 0) is 48.6 Å². The molecule has 2 fully saturated rings. The van der Waals surface area contributed by atoms with Crippen LogP contribution in [0.25, 0.3) is 5.69 Å². The fraction of sp³-hybridized carbons (Fsp3) is 0.360. The third-order valence-corrected chi connectivity index (χ3v) is 6.73.